The van der Waals surface area contributed by atoms with Crippen molar-refractivity contribution in [3.63, 3.8) is 0 Å². The van der Waals surface area contributed by atoms with Gasteiger partial charge in [0.2, 0.25) is 0 Å². The SMILES string of the molecule is c1cc2cc3[se]c3c3c2c(c1)c1c2[se]c2c2c4c(c5[se]c5c3c41)[Se]2. The van der Waals surface area contributed by atoms with E-state index in [1.54, 1.807) is 59.0 Å². The predicted molar refractivity (Wildman–Crippen MR) is 110 cm³/mol. The fourth-order valence-electron chi connectivity index (χ4n) is 4.71. The standard InChI is InChI=1S/C20H4Se4/c1-2-5-4-7-14(21-7)11-8(5)6(3-1)9-10-12(11)16-20(24-16)18-13(10)17(22-18)19-15(9)23-19/h1-4H. The van der Waals surface area contributed by atoms with Crippen LogP contribution in [0.2, 0.25) is 0 Å². The molecule has 1 aliphatic heterocycles. The van der Waals surface area contributed by atoms with Crippen LogP contribution in [-0.2, 0) is 0 Å². The zero-order valence-electron chi connectivity index (χ0n) is 11.9. The van der Waals surface area contributed by atoms with Crippen LogP contribution in [0.4, 0.5) is 0 Å². The van der Waals surface area contributed by atoms with Gasteiger partial charge in [0, 0.05) is 0 Å². The third-order valence-corrected chi connectivity index (χ3v) is 16.0. The molecular formula is C20H4Se4. The van der Waals surface area contributed by atoms with E-state index in [0.717, 1.165) is 0 Å². The van der Waals surface area contributed by atoms with Gasteiger partial charge in [0.25, 0.3) is 0 Å². The van der Waals surface area contributed by atoms with Crippen molar-refractivity contribution in [2.24, 2.45) is 0 Å². The van der Waals surface area contributed by atoms with Gasteiger partial charge in [-0.1, -0.05) is 0 Å². The van der Waals surface area contributed by atoms with Gasteiger partial charge in [-0.3, -0.25) is 0 Å². The molecule has 0 nitrogen and oxygen atoms in total. The topological polar surface area (TPSA) is 0 Å². The minimum atomic E-state index is 0.646. The molecule has 0 fully saturated rings. The summed E-state index contributed by atoms with van der Waals surface area (Å²) < 4.78 is 14.2. The molecule has 4 heterocycles. The van der Waals surface area contributed by atoms with Crippen molar-refractivity contribution in [1.29, 1.82) is 0 Å². The van der Waals surface area contributed by atoms with Crippen molar-refractivity contribution in [3.8, 4) is 0 Å². The monoisotopic (exact) mass is 564 g/mol. The zero-order chi connectivity index (χ0) is 14.9. The molecule has 0 amide bonds. The van der Waals surface area contributed by atoms with E-state index in [1.165, 1.54) is 5.39 Å². The first-order valence-electron chi connectivity index (χ1n) is 7.95. The van der Waals surface area contributed by atoms with Crippen LogP contribution in [0.3, 0.4) is 0 Å². The number of hydrogen-bond acceptors (Lipinski definition) is 0. The maximum absolute atomic E-state index is 2.49. The molecule has 0 aliphatic carbocycles. The molecule has 3 aromatic heterocycles. The summed E-state index contributed by atoms with van der Waals surface area (Å²) in [5.41, 5.74) is 0. The van der Waals surface area contributed by atoms with Crippen molar-refractivity contribution in [2.45, 2.75) is 0 Å². The Bertz CT molecular complexity index is 1760. The molecule has 0 bridgehead atoms. The molecule has 9 rings (SSSR count). The first kappa shape index (κ1) is 12.0. The molecule has 1 aliphatic rings. The van der Waals surface area contributed by atoms with Crippen LogP contribution in [0.5, 0.6) is 0 Å². The van der Waals surface area contributed by atoms with E-state index in [2.05, 4.69) is 24.3 Å². The Hall–Kier alpha value is -0.522. The molecule has 4 heteroatoms. The number of fused-ring (bicyclic) bond motifs is 10. The minimum absolute atomic E-state index is 0.646. The second kappa shape index (κ2) is 3.37. The molecule has 0 saturated carbocycles. The van der Waals surface area contributed by atoms with E-state index in [1.807, 2.05) is 13.2 Å². The Balaban J connectivity index is 1.87. The Morgan fingerprint density at radius 1 is 0.583 bits per heavy atom. The van der Waals surface area contributed by atoms with E-state index in [9.17, 15) is 0 Å². The van der Waals surface area contributed by atoms with Crippen LogP contribution in [-0.4, -0.2) is 58.5 Å². The maximum atomic E-state index is 2.49. The van der Waals surface area contributed by atoms with E-state index in [0.29, 0.717) is 58.5 Å². The number of hydrogen-bond donors (Lipinski definition) is 0. The van der Waals surface area contributed by atoms with E-state index in [-0.39, 0.29) is 0 Å². The average Bonchev–Trinajstić information content (AvgIpc) is 3.40. The van der Waals surface area contributed by atoms with Gasteiger partial charge < -0.3 is 0 Å². The fourth-order valence-corrected chi connectivity index (χ4v) is 14.7. The molecule has 0 unspecified atom stereocenters. The Morgan fingerprint density at radius 3 is 2.25 bits per heavy atom. The number of benzene rings is 5. The summed E-state index contributed by atoms with van der Waals surface area (Å²) in [4.78, 5) is 0. The normalized spacial score (nSPS) is 15.3. The van der Waals surface area contributed by atoms with Crippen molar-refractivity contribution in [3.05, 3.63) is 24.3 Å². The predicted octanol–water partition coefficient (Wildman–Crippen LogP) is 2.65. The second-order valence-corrected chi connectivity index (χ2v) is 15.5. The van der Waals surface area contributed by atoms with Crippen molar-refractivity contribution in [1.82, 2.24) is 0 Å². The molecule has 8 aromatic rings. The molecule has 0 spiro atoms. The zero-order valence-corrected chi connectivity index (χ0v) is 18.8. The van der Waals surface area contributed by atoms with E-state index in [4.69, 9.17) is 0 Å². The molecule has 0 radical (unpaired) electrons. The van der Waals surface area contributed by atoms with E-state index < -0.39 is 0 Å². The van der Waals surface area contributed by atoms with Crippen LogP contribution in [0.15, 0.2) is 24.3 Å². The van der Waals surface area contributed by atoms with Gasteiger partial charge in [-0.05, 0) is 0 Å². The molecule has 0 N–H and O–H groups in total. The Labute approximate surface area is 159 Å². The van der Waals surface area contributed by atoms with Gasteiger partial charge in [-0.15, -0.1) is 0 Å². The van der Waals surface area contributed by atoms with E-state index >= 15 is 0 Å². The summed E-state index contributed by atoms with van der Waals surface area (Å²) in [7, 11) is 0. The van der Waals surface area contributed by atoms with Crippen LogP contribution in [0.25, 0.3) is 68.7 Å². The molecular weight excluding hydrogens is 556 g/mol. The summed E-state index contributed by atoms with van der Waals surface area (Å²) in [5, 5.41) is 13.2. The summed E-state index contributed by atoms with van der Waals surface area (Å²) >= 11 is 2.71. The molecule has 24 heavy (non-hydrogen) atoms. The van der Waals surface area contributed by atoms with Crippen LogP contribution >= 0.6 is 0 Å². The summed E-state index contributed by atoms with van der Waals surface area (Å²) in [6.45, 7) is 0. The van der Waals surface area contributed by atoms with Crippen LogP contribution in [0.1, 0.15) is 0 Å². The molecule has 108 valence electrons. The van der Waals surface area contributed by atoms with Gasteiger partial charge in [0.05, 0.1) is 0 Å². The summed E-state index contributed by atoms with van der Waals surface area (Å²) in [6, 6.07) is 9.56. The van der Waals surface area contributed by atoms with Gasteiger partial charge in [0.15, 0.2) is 0 Å². The average molecular weight is 560 g/mol. The van der Waals surface area contributed by atoms with Gasteiger partial charge in [-0.2, -0.15) is 0 Å². The number of rotatable bonds is 0. The Kier molecular flexibility index (Phi) is 1.68. The van der Waals surface area contributed by atoms with Gasteiger partial charge in [0.1, 0.15) is 0 Å². The quantitative estimate of drug-likeness (QED) is 0.152. The summed E-state index contributed by atoms with van der Waals surface area (Å²) in [6.07, 6.45) is 0. The van der Waals surface area contributed by atoms with Crippen molar-refractivity contribution >= 4 is 136 Å². The summed E-state index contributed by atoms with van der Waals surface area (Å²) in [5.74, 6) is 0. The second-order valence-electron chi connectivity index (χ2n) is 6.87. The first-order valence-corrected chi connectivity index (χ1v) is 14.8. The molecule has 0 atom stereocenters. The van der Waals surface area contributed by atoms with Crippen LogP contribution in [0, 0.1) is 0 Å². The van der Waals surface area contributed by atoms with Crippen molar-refractivity contribution < 1.29 is 0 Å². The van der Waals surface area contributed by atoms with Crippen molar-refractivity contribution in [2.75, 3.05) is 0 Å². The third kappa shape index (κ3) is 1.08. The fraction of sp³-hybridized carbons (Fsp3) is 0. The molecule has 0 saturated heterocycles. The molecule has 5 aromatic carbocycles. The van der Waals surface area contributed by atoms with Gasteiger partial charge >= 0.3 is 160 Å². The Morgan fingerprint density at radius 2 is 1.38 bits per heavy atom. The third-order valence-electron chi connectivity index (χ3n) is 5.79. The van der Waals surface area contributed by atoms with Gasteiger partial charge in [-0.25, -0.2) is 0 Å². The first-order chi connectivity index (χ1) is 11.9. The van der Waals surface area contributed by atoms with Crippen LogP contribution < -0.4 is 8.92 Å².